The lowest BCUT2D eigenvalue weighted by Crippen LogP contribution is -2.18. The standard InChI is InChI=1S/C19H26OS/c1-18(2,3)13-11-14(16-9-8-10-21-16)17(20-7)15(12-13)19(4,5)6/h8-12H,1-7H3. The molecule has 0 saturated heterocycles. The lowest BCUT2D eigenvalue weighted by molar-refractivity contribution is 0.398. The molecule has 0 spiro atoms. The second kappa shape index (κ2) is 5.49. The summed E-state index contributed by atoms with van der Waals surface area (Å²) in [5, 5.41) is 2.12. The zero-order valence-electron chi connectivity index (χ0n) is 14.2. The van der Waals surface area contributed by atoms with Gasteiger partial charge in [0.25, 0.3) is 0 Å². The molecule has 0 bridgehead atoms. The van der Waals surface area contributed by atoms with Crippen molar-refractivity contribution in [2.75, 3.05) is 7.11 Å². The number of thiophene rings is 1. The van der Waals surface area contributed by atoms with E-state index in [0.29, 0.717) is 0 Å². The second-order valence-corrected chi connectivity index (χ2v) is 8.53. The molecule has 114 valence electrons. The molecule has 0 fully saturated rings. The maximum atomic E-state index is 5.80. The van der Waals surface area contributed by atoms with E-state index in [0.717, 1.165) is 5.75 Å². The average molecular weight is 302 g/mol. The summed E-state index contributed by atoms with van der Waals surface area (Å²) in [6.45, 7) is 13.5. The van der Waals surface area contributed by atoms with E-state index in [-0.39, 0.29) is 10.8 Å². The summed E-state index contributed by atoms with van der Waals surface area (Å²) >= 11 is 1.76. The molecule has 1 aromatic carbocycles. The van der Waals surface area contributed by atoms with Crippen LogP contribution in [0, 0.1) is 0 Å². The lowest BCUT2D eigenvalue weighted by atomic mass is 9.78. The van der Waals surface area contributed by atoms with Crippen LogP contribution in [0.5, 0.6) is 5.75 Å². The molecule has 0 aliphatic heterocycles. The van der Waals surface area contributed by atoms with Crippen molar-refractivity contribution in [2.45, 2.75) is 52.4 Å². The van der Waals surface area contributed by atoms with Gasteiger partial charge in [0.15, 0.2) is 0 Å². The van der Waals surface area contributed by atoms with Gasteiger partial charge in [0.1, 0.15) is 5.75 Å². The fourth-order valence-corrected chi connectivity index (χ4v) is 3.19. The molecule has 0 aliphatic carbocycles. The molecular weight excluding hydrogens is 276 g/mol. The molecule has 0 radical (unpaired) electrons. The van der Waals surface area contributed by atoms with Gasteiger partial charge in [0.2, 0.25) is 0 Å². The number of hydrogen-bond donors (Lipinski definition) is 0. The van der Waals surface area contributed by atoms with Crippen molar-refractivity contribution in [3.05, 3.63) is 40.8 Å². The molecule has 0 atom stereocenters. The van der Waals surface area contributed by atoms with Crippen LogP contribution in [0.4, 0.5) is 0 Å². The van der Waals surface area contributed by atoms with Gasteiger partial charge in [-0.25, -0.2) is 0 Å². The number of ether oxygens (including phenoxy) is 1. The first-order chi connectivity index (χ1) is 9.64. The molecule has 0 saturated carbocycles. The van der Waals surface area contributed by atoms with E-state index in [1.165, 1.54) is 21.6 Å². The first kappa shape index (κ1) is 16.1. The molecule has 2 heteroatoms. The largest absolute Gasteiger partial charge is 0.496 e. The fraction of sp³-hybridized carbons (Fsp3) is 0.474. The predicted octanol–water partition coefficient (Wildman–Crippen LogP) is 6.02. The van der Waals surface area contributed by atoms with Gasteiger partial charge in [-0.15, -0.1) is 11.3 Å². The summed E-state index contributed by atoms with van der Waals surface area (Å²) in [6.07, 6.45) is 0. The van der Waals surface area contributed by atoms with Gasteiger partial charge in [-0.05, 0) is 33.9 Å². The third kappa shape index (κ3) is 3.32. The Bertz CT molecular complexity index is 610. The predicted molar refractivity (Wildman–Crippen MR) is 93.7 cm³/mol. The van der Waals surface area contributed by atoms with Crippen LogP contribution in [-0.4, -0.2) is 7.11 Å². The highest BCUT2D eigenvalue weighted by atomic mass is 32.1. The molecule has 21 heavy (non-hydrogen) atoms. The zero-order valence-corrected chi connectivity index (χ0v) is 15.0. The molecule has 0 amide bonds. The fourth-order valence-electron chi connectivity index (χ4n) is 2.45. The van der Waals surface area contributed by atoms with Crippen molar-refractivity contribution in [3.63, 3.8) is 0 Å². The molecule has 2 rings (SSSR count). The Morgan fingerprint density at radius 2 is 1.62 bits per heavy atom. The Labute approximate surface area is 133 Å². The van der Waals surface area contributed by atoms with Crippen LogP contribution in [-0.2, 0) is 10.8 Å². The molecule has 2 aromatic rings. The van der Waals surface area contributed by atoms with E-state index in [1.54, 1.807) is 18.4 Å². The number of rotatable bonds is 2. The van der Waals surface area contributed by atoms with Gasteiger partial charge in [0, 0.05) is 16.0 Å². The van der Waals surface area contributed by atoms with Crippen molar-refractivity contribution in [1.82, 2.24) is 0 Å². The van der Waals surface area contributed by atoms with Crippen LogP contribution < -0.4 is 4.74 Å². The quantitative estimate of drug-likeness (QED) is 0.659. The van der Waals surface area contributed by atoms with Crippen LogP contribution >= 0.6 is 11.3 Å². The van der Waals surface area contributed by atoms with Crippen molar-refractivity contribution in [1.29, 1.82) is 0 Å². The van der Waals surface area contributed by atoms with Gasteiger partial charge >= 0.3 is 0 Å². The van der Waals surface area contributed by atoms with Crippen LogP contribution in [0.1, 0.15) is 52.7 Å². The molecule has 1 aromatic heterocycles. The summed E-state index contributed by atoms with van der Waals surface area (Å²) in [7, 11) is 1.78. The summed E-state index contributed by atoms with van der Waals surface area (Å²) in [5.41, 5.74) is 4.03. The Morgan fingerprint density at radius 3 is 2.05 bits per heavy atom. The zero-order chi connectivity index (χ0) is 15.8. The van der Waals surface area contributed by atoms with Crippen molar-refractivity contribution < 1.29 is 4.74 Å². The van der Waals surface area contributed by atoms with Gasteiger partial charge in [-0.3, -0.25) is 0 Å². The summed E-state index contributed by atoms with van der Waals surface area (Å²) in [6, 6.07) is 8.87. The van der Waals surface area contributed by atoms with E-state index < -0.39 is 0 Å². The minimum absolute atomic E-state index is 0.0542. The molecular formula is C19H26OS. The van der Waals surface area contributed by atoms with Gasteiger partial charge < -0.3 is 4.74 Å². The molecule has 0 unspecified atom stereocenters. The van der Waals surface area contributed by atoms with E-state index >= 15 is 0 Å². The van der Waals surface area contributed by atoms with Crippen LogP contribution in [0.25, 0.3) is 10.4 Å². The Hall–Kier alpha value is -1.28. The Balaban J connectivity index is 2.79. The van der Waals surface area contributed by atoms with E-state index in [1.807, 2.05) is 0 Å². The van der Waals surface area contributed by atoms with Crippen molar-refractivity contribution in [2.24, 2.45) is 0 Å². The first-order valence-corrected chi connectivity index (χ1v) is 8.29. The first-order valence-electron chi connectivity index (χ1n) is 7.41. The average Bonchev–Trinajstić information content (AvgIpc) is 2.88. The third-order valence-corrected chi connectivity index (χ3v) is 4.66. The highest BCUT2D eigenvalue weighted by molar-refractivity contribution is 7.13. The third-order valence-electron chi connectivity index (χ3n) is 3.75. The molecule has 1 nitrogen and oxygen atoms in total. The SMILES string of the molecule is COc1c(-c2cccs2)cc(C(C)(C)C)cc1C(C)(C)C. The number of methoxy groups -OCH3 is 1. The Morgan fingerprint density at radius 1 is 0.952 bits per heavy atom. The van der Waals surface area contributed by atoms with Crippen molar-refractivity contribution in [3.8, 4) is 16.2 Å². The van der Waals surface area contributed by atoms with Crippen LogP contribution in [0.2, 0.25) is 0 Å². The highest BCUT2D eigenvalue weighted by Crippen LogP contribution is 2.43. The van der Waals surface area contributed by atoms with E-state index in [2.05, 4.69) is 71.2 Å². The van der Waals surface area contributed by atoms with Gasteiger partial charge in [0.05, 0.1) is 7.11 Å². The number of benzene rings is 1. The summed E-state index contributed by atoms with van der Waals surface area (Å²) < 4.78 is 5.80. The van der Waals surface area contributed by atoms with Crippen LogP contribution in [0.3, 0.4) is 0 Å². The van der Waals surface area contributed by atoms with E-state index in [4.69, 9.17) is 4.74 Å². The minimum atomic E-state index is 0.0542. The lowest BCUT2D eigenvalue weighted by Gasteiger charge is -2.28. The second-order valence-electron chi connectivity index (χ2n) is 7.58. The Kier molecular flexibility index (Phi) is 4.21. The smallest absolute Gasteiger partial charge is 0.131 e. The molecule has 0 aliphatic rings. The molecule has 0 N–H and O–H groups in total. The maximum absolute atomic E-state index is 5.80. The number of hydrogen-bond acceptors (Lipinski definition) is 2. The monoisotopic (exact) mass is 302 g/mol. The van der Waals surface area contributed by atoms with Gasteiger partial charge in [-0.1, -0.05) is 53.7 Å². The highest BCUT2D eigenvalue weighted by Gasteiger charge is 2.26. The maximum Gasteiger partial charge on any atom is 0.131 e. The van der Waals surface area contributed by atoms with Crippen LogP contribution in [0.15, 0.2) is 29.6 Å². The topological polar surface area (TPSA) is 9.23 Å². The minimum Gasteiger partial charge on any atom is -0.496 e. The summed E-state index contributed by atoms with van der Waals surface area (Å²) in [5.74, 6) is 1.01. The van der Waals surface area contributed by atoms with Crippen molar-refractivity contribution >= 4 is 11.3 Å². The summed E-state index contributed by atoms with van der Waals surface area (Å²) in [4.78, 5) is 1.27. The van der Waals surface area contributed by atoms with E-state index in [9.17, 15) is 0 Å². The van der Waals surface area contributed by atoms with Gasteiger partial charge in [-0.2, -0.15) is 0 Å². The molecule has 1 heterocycles. The normalized spacial score (nSPS) is 12.5.